The van der Waals surface area contributed by atoms with Crippen LogP contribution in [-0.4, -0.2) is 10.8 Å². The van der Waals surface area contributed by atoms with Gasteiger partial charge in [0.25, 0.3) is 0 Å². The maximum absolute atomic E-state index is 12.3. The molecule has 0 atom stereocenters. The first-order chi connectivity index (χ1) is 9.33. The number of aromatic nitrogens is 1. The minimum absolute atomic E-state index is 0.223. The first kappa shape index (κ1) is 13.7. The number of rotatable bonds is 7. The van der Waals surface area contributed by atoms with Crippen molar-refractivity contribution in [3.63, 3.8) is 0 Å². The molecular weight excluding hydrogens is 234 g/mol. The average Bonchev–Trinajstić information content (AvgIpc) is 2.46. The highest BCUT2D eigenvalue weighted by molar-refractivity contribution is 6.06. The van der Waals surface area contributed by atoms with Crippen molar-refractivity contribution in [3.8, 4) is 0 Å². The molecule has 0 saturated heterocycles. The van der Waals surface area contributed by atoms with Crippen molar-refractivity contribution in [1.29, 1.82) is 0 Å². The summed E-state index contributed by atoms with van der Waals surface area (Å²) in [6.07, 6.45) is 8.27. The molecule has 1 heterocycles. The van der Waals surface area contributed by atoms with Crippen molar-refractivity contribution in [1.82, 2.24) is 4.98 Å². The highest BCUT2D eigenvalue weighted by Crippen LogP contribution is 2.18. The van der Waals surface area contributed by atoms with Crippen molar-refractivity contribution in [3.05, 3.63) is 42.1 Å². The van der Waals surface area contributed by atoms with E-state index in [4.69, 9.17) is 0 Å². The Kier molecular flexibility index (Phi) is 5.08. The third kappa shape index (κ3) is 3.63. The van der Waals surface area contributed by atoms with Crippen LogP contribution in [0.3, 0.4) is 0 Å². The molecule has 0 unspecified atom stereocenters. The molecule has 0 aliphatic carbocycles. The molecule has 0 aliphatic rings. The first-order valence-electron chi connectivity index (χ1n) is 7.20. The summed E-state index contributed by atoms with van der Waals surface area (Å²) in [6, 6.07) is 9.74. The van der Waals surface area contributed by atoms with Crippen molar-refractivity contribution in [2.24, 2.45) is 0 Å². The largest absolute Gasteiger partial charge is 0.294 e. The molecule has 0 bridgehead atoms. The second-order valence-corrected chi connectivity index (χ2v) is 4.97. The lowest BCUT2D eigenvalue weighted by molar-refractivity contribution is 0.0980. The Hall–Kier alpha value is -1.70. The maximum atomic E-state index is 12.3. The zero-order valence-corrected chi connectivity index (χ0v) is 11.6. The highest BCUT2D eigenvalue weighted by atomic mass is 16.1. The van der Waals surface area contributed by atoms with Gasteiger partial charge in [0.1, 0.15) is 0 Å². The summed E-state index contributed by atoms with van der Waals surface area (Å²) < 4.78 is 0. The predicted molar refractivity (Wildman–Crippen MR) is 79.4 cm³/mol. The van der Waals surface area contributed by atoms with Crippen LogP contribution < -0.4 is 0 Å². The summed E-state index contributed by atoms with van der Waals surface area (Å²) in [5.74, 6) is 0.223. The van der Waals surface area contributed by atoms with E-state index in [1.807, 2.05) is 30.3 Å². The normalized spacial score (nSPS) is 10.8. The fourth-order valence-electron chi connectivity index (χ4n) is 2.35. The lowest BCUT2D eigenvalue weighted by Gasteiger charge is -2.05. The summed E-state index contributed by atoms with van der Waals surface area (Å²) in [4.78, 5) is 16.6. The molecule has 0 radical (unpaired) electrons. The van der Waals surface area contributed by atoms with Crippen LogP contribution in [0.25, 0.3) is 10.9 Å². The highest BCUT2D eigenvalue weighted by Gasteiger charge is 2.10. The third-order valence-electron chi connectivity index (χ3n) is 3.44. The topological polar surface area (TPSA) is 30.0 Å². The van der Waals surface area contributed by atoms with Crippen LogP contribution in [0.5, 0.6) is 0 Å². The number of para-hydroxylation sites is 1. The fraction of sp³-hybridized carbons (Fsp3) is 0.412. The van der Waals surface area contributed by atoms with Gasteiger partial charge in [0.2, 0.25) is 0 Å². The predicted octanol–water partition coefficient (Wildman–Crippen LogP) is 4.78. The molecule has 0 aliphatic heterocycles. The molecule has 19 heavy (non-hydrogen) atoms. The van der Waals surface area contributed by atoms with Crippen LogP contribution in [0, 0.1) is 0 Å². The molecule has 100 valence electrons. The Morgan fingerprint density at radius 3 is 2.68 bits per heavy atom. The van der Waals surface area contributed by atoms with Crippen molar-refractivity contribution in [2.45, 2.75) is 45.4 Å². The van der Waals surface area contributed by atoms with Crippen LogP contribution in [0.1, 0.15) is 55.8 Å². The molecule has 2 heteroatoms. The standard InChI is InChI=1S/C17H21NO/c1-2-3-4-5-6-12-16(19)15-11-7-9-14-10-8-13-18-17(14)15/h7-11,13H,2-6,12H2,1H3. The van der Waals surface area contributed by atoms with Gasteiger partial charge in [-0.25, -0.2) is 0 Å². The summed E-state index contributed by atoms with van der Waals surface area (Å²) in [5.41, 5.74) is 1.61. The molecule has 0 amide bonds. The van der Waals surface area contributed by atoms with E-state index in [0.717, 1.165) is 29.3 Å². The summed E-state index contributed by atoms with van der Waals surface area (Å²) >= 11 is 0. The van der Waals surface area contributed by atoms with Gasteiger partial charge >= 0.3 is 0 Å². The molecule has 2 nitrogen and oxygen atoms in total. The van der Waals surface area contributed by atoms with Gasteiger partial charge in [-0.1, -0.05) is 50.8 Å². The Morgan fingerprint density at radius 2 is 1.84 bits per heavy atom. The number of unbranched alkanes of at least 4 members (excludes halogenated alkanes) is 4. The van der Waals surface area contributed by atoms with Gasteiger partial charge in [0.05, 0.1) is 5.52 Å². The second kappa shape index (κ2) is 7.03. The Morgan fingerprint density at radius 1 is 1.05 bits per heavy atom. The van der Waals surface area contributed by atoms with Gasteiger partial charge in [0.15, 0.2) is 5.78 Å². The number of pyridine rings is 1. The number of hydrogen-bond donors (Lipinski definition) is 0. The molecule has 0 saturated carbocycles. The number of nitrogens with zero attached hydrogens (tertiary/aromatic N) is 1. The van der Waals surface area contributed by atoms with Gasteiger partial charge in [-0.05, 0) is 18.6 Å². The molecule has 1 aromatic carbocycles. The van der Waals surface area contributed by atoms with Crippen molar-refractivity contribution < 1.29 is 4.79 Å². The van der Waals surface area contributed by atoms with E-state index in [-0.39, 0.29) is 5.78 Å². The van der Waals surface area contributed by atoms with Crippen LogP contribution in [0.2, 0.25) is 0 Å². The van der Waals surface area contributed by atoms with Crippen molar-refractivity contribution in [2.75, 3.05) is 0 Å². The molecule has 2 rings (SSSR count). The summed E-state index contributed by atoms with van der Waals surface area (Å²) in [6.45, 7) is 2.20. The Balaban J connectivity index is 2.01. The third-order valence-corrected chi connectivity index (χ3v) is 3.44. The van der Waals surface area contributed by atoms with Gasteiger partial charge < -0.3 is 0 Å². The number of benzene rings is 1. The van der Waals surface area contributed by atoms with Crippen LogP contribution in [0.4, 0.5) is 0 Å². The van der Waals surface area contributed by atoms with Crippen molar-refractivity contribution >= 4 is 16.7 Å². The smallest absolute Gasteiger partial charge is 0.165 e. The minimum Gasteiger partial charge on any atom is -0.294 e. The fourth-order valence-corrected chi connectivity index (χ4v) is 2.35. The van der Waals surface area contributed by atoms with E-state index in [0.29, 0.717) is 6.42 Å². The number of carbonyl (C=O) groups is 1. The SMILES string of the molecule is CCCCCCCC(=O)c1cccc2cccnc12. The first-order valence-corrected chi connectivity index (χ1v) is 7.20. The summed E-state index contributed by atoms with van der Waals surface area (Å²) in [7, 11) is 0. The van der Waals surface area contributed by atoms with E-state index in [9.17, 15) is 4.79 Å². The second-order valence-electron chi connectivity index (χ2n) is 4.97. The van der Waals surface area contributed by atoms with Crippen LogP contribution in [-0.2, 0) is 0 Å². The molecule has 0 fully saturated rings. The van der Waals surface area contributed by atoms with E-state index >= 15 is 0 Å². The Labute approximate surface area is 114 Å². The lowest BCUT2D eigenvalue weighted by atomic mass is 10.0. The van der Waals surface area contributed by atoms with Gasteiger partial charge in [-0.3, -0.25) is 9.78 Å². The number of hydrogen-bond acceptors (Lipinski definition) is 2. The molecular formula is C17H21NO. The maximum Gasteiger partial charge on any atom is 0.165 e. The molecule has 2 aromatic rings. The Bertz CT molecular complexity index is 542. The lowest BCUT2D eigenvalue weighted by Crippen LogP contribution is -2.01. The van der Waals surface area contributed by atoms with Crippen LogP contribution >= 0.6 is 0 Å². The number of Topliss-reactive ketones (excluding diaryl/α,β-unsaturated/α-hetero) is 1. The van der Waals surface area contributed by atoms with Gasteiger partial charge in [-0.2, -0.15) is 0 Å². The number of carbonyl (C=O) groups excluding carboxylic acids is 1. The van der Waals surface area contributed by atoms with E-state index in [1.165, 1.54) is 19.3 Å². The van der Waals surface area contributed by atoms with E-state index < -0.39 is 0 Å². The van der Waals surface area contributed by atoms with E-state index in [2.05, 4.69) is 11.9 Å². The zero-order chi connectivity index (χ0) is 13.5. The summed E-state index contributed by atoms with van der Waals surface area (Å²) in [5, 5.41) is 1.04. The quantitative estimate of drug-likeness (QED) is 0.526. The van der Waals surface area contributed by atoms with E-state index in [1.54, 1.807) is 6.20 Å². The van der Waals surface area contributed by atoms with Crippen LogP contribution in [0.15, 0.2) is 36.5 Å². The molecule has 1 aromatic heterocycles. The number of fused-ring (bicyclic) bond motifs is 1. The molecule has 0 N–H and O–H groups in total. The van der Waals surface area contributed by atoms with Gasteiger partial charge in [0, 0.05) is 23.6 Å². The number of ketones is 1. The minimum atomic E-state index is 0.223. The molecule has 0 spiro atoms. The zero-order valence-electron chi connectivity index (χ0n) is 11.6. The monoisotopic (exact) mass is 255 g/mol. The average molecular weight is 255 g/mol. The van der Waals surface area contributed by atoms with Gasteiger partial charge in [-0.15, -0.1) is 0 Å².